The van der Waals surface area contributed by atoms with E-state index in [0.717, 1.165) is 24.8 Å². The molecule has 4 aliphatic carbocycles. The van der Waals surface area contributed by atoms with Gasteiger partial charge in [0.25, 0.3) is 11.8 Å². The van der Waals surface area contributed by atoms with Crippen molar-refractivity contribution in [2.75, 3.05) is 25.6 Å². The maximum atomic E-state index is 14.2. The molecule has 2 unspecified atom stereocenters. The molecule has 2 N–H and O–H groups in total. The summed E-state index contributed by atoms with van der Waals surface area (Å²) in [7, 11) is 1.40. The molecule has 14 heteroatoms. The Morgan fingerprint density at radius 2 is 1.01 bits per heavy atom. The van der Waals surface area contributed by atoms with Crippen LogP contribution in [0.3, 0.4) is 0 Å². The molecule has 4 bridgehead atoms. The van der Waals surface area contributed by atoms with Crippen LogP contribution in [0.2, 0.25) is 0 Å². The van der Waals surface area contributed by atoms with Gasteiger partial charge in [-0.2, -0.15) is 0 Å². The maximum Gasteiger partial charge on any atom is 0.339 e. The van der Waals surface area contributed by atoms with Crippen molar-refractivity contribution in [3.05, 3.63) is 159 Å². The van der Waals surface area contributed by atoms with Crippen LogP contribution in [0.15, 0.2) is 109 Å². The summed E-state index contributed by atoms with van der Waals surface area (Å²) in [5, 5.41) is 5.33. The summed E-state index contributed by atoms with van der Waals surface area (Å²) in [6, 6.07) is 22.5. The molecule has 4 aromatic rings. The van der Waals surface area contributed by atoms with E-state index in [-0.39, 0.29) is 62.5 Å². The Hall–Kier alpha value is -7.48. The molecule has 69 heavy (non-hydrogen) atoms. The summed E-state index contributed by atoms with van der Waals surface area (Å²) < 4.78 is 23.1. The second-order valence-corrected chi connectivity index (χ2v) is 19.3. The highest BCUT2D eigenvalue weighted by molar-refractivity contribution is 6.12. The highest BCUT2D eigenvalue weighted by atomic mass is 16.6. The molecule has 2 amide bonds. The number of hydrogen-bond donors (Lipinski definition) is 2. The topological polar surface area (TPSA) is 198 Å². The Bertz CT molecular complexity index is 2790. The first-order chi connectivity index (χ1) is 32.6. The van der Waals surface area contributed by atoms with Crippen molar-refractivity contribution in [1.29, 1.82) is 0 Å². The van der Waals surface area contributed by atoms with Crippen LogP contribution in [-0.2, 0) is 34.0 Å². The van der Waals surface area contributed by atoms with Crippen molar-refractivity contribution in [3.63, 3.8) is 0 Å². The summed E-state index contributed by atoms with van der Waals surface area (Å²) in [5.41, 5.74) is 0.662. The molecule has 4 aliphatic rings. The molecule has 0 saturated heterocycles. The number of hydrogen-bond acceptors (Lipinski definition) is 12. The molecule has 0 radical (unpaired) electrons. The van der Waals surface area contributed by atoms with Crippen LogP contribution in [-0.4, -0.2) is 78.7 Å². The van der Waals surface area contributed by atoms with Gasteiger partial charge in [-0.25, -0.2) is 19.2 Å². The highest BCUT2D eigenvalue weighted by Crippen LogP contribution is 2.60. The zero-order chi connectivity index (χ0) is 50.0. The van der Waals surface area contributed by atoms with E-state index in [9.17, 15) is 38.4 Å². The lowest BCUT2D eigenvalue weighted by Gasteiger charge is -2.60. The van der Waals surface area contributed by atoms with Gasteiger partial charge in [-0.05, 0) is 148 Å². The summed E-state index contributed by atoms with van der Waals surface area (Å²) in [6.07, 6.45) is 4.24. The van der Waals surface area contributed by atoms with Gasteiger partial charge >= 0.3 is 23.9 Å². The van der Waals surface area contributed by atoms with E-state index in [4.69, 9.17) is 18.9 Å². The average molecular weight is 937 g/mol. The van der Waals surface area contributed by atoms with E-state index >= 15 is 0 Å². The molecular weight excluding hydrogens is 881 g/mol. The summed E-state index contributed by atoms with van der Waals surface area (Å²) in [4.78, 5) is 106. The zero-order valence-electron chi connectivity index (χ0n) is 39.7. The van der Waals surface area contributed by atoms with Crippen LogP contribution >= 0.6 is 0 Å². The van der Waals surface area contributed by atoms with Crippen LogP contribution in [0.5, 0.6) is 0 Å². The third-order valence-corrected chi connectivity index (χ3v) is 13.5. The third kappa shape index (κ3) is 10.8. The van der Waals surface area contributed by atoms with Crippen molar-refractivity contribution in [2.45, 2.75) is 89.8 Å². The minimum Gasteiger partial charge on any atom is -0.455 e. The Morgan fingerprint density at radius 3 is 1.43 bits per heavy atom. The molecular formula is C55H56N2O12. The van der Waals surface area contributed by atoms with Crippen LogP contribution in [0.25, 0.3) is 0 Å². The summed E-state index contributed by atoms with van der Waals surface area (Å²) in [5.74, 6) is -4.53. The largest absolute Gasteiger partial charge is 0.455 e. The van der Waals surface area contributed by atoms with Crippen molar-refractivity contribution in [3.8, 4) is 0 Å². The molecule has 2 atom stereocenters. The number of carbonyl (C=O) groups is 8. The first-order valence-corrected chi connectivity index (χ1v) is 22.8. The standard InChI is InChI=1S/C55H56N2O12/c1-31(2)45(58)28-66-51(64)41-19-15-38(22-43(41)47(60)56-8)53(6,7)39-16-20-42(52(65)67-29-46(59)32(3)4)44(23-39)48(61)57-40-17-13-37(14-18-40)50(63)69-55-26-34-21-35(27-55)25-54(24-34,30-55)68-49(62)36-11-9-33(5)10-12-36/h9-20,22-23,34-35H,1,3,21,24-30H2,2,4-8H3,(H,56,60)(H,57,61). The number of aryl methyl sites for hydroxylation is 1. The van der Waals surface area contributed by atoms with Crippen LogP contribution in [0.1, 0.15) is 145 Å². The molecule has 4 aromatic carbocycles. The SMILES string of the molecule is C=C(C)C(=O)COC(=O)c1ccc(C(C)(C)c2ccc(C(=O)OCC(=O)C(=C)C)c(C(=O)Nc3ccc(C(=O)OC45CC6CC(CC(OC(=O)c7ccc(C)cc7)(C6)C4)C5)cc3)c2)cc1C(=O)NC. The third-order valence-electron chi connectivity index (χ3n) is 13.5. The fourth-order valence-electron chi connectivity index (χ4n) is 9.99. The minimum atomic E-state index is -0.977. The van der Waals surface area contributed by atoms with Gasteiger partial charge in [0.2, 0.25) is 0 Å². The first-order valence-electron chi connectivity index (χ1n) is 22.8. The van der Waals surface area contributed by atoms with E-state index in [0.29, 0.717) is 36.0 Å². The van der Waals surface area contributed by atoms with Crippen molar-refractivity contribution >= 4 is 52.9 Å². The Morgan fingerprint density at radius 1 is 0.594 bits per heavy atom. The second kappa shape index (κ2) is 19.6. The van der Waals surface area contributed by atoms with Gasteiger partial charge in [0.1, 0.15) is 11.2 Å². The van der Waals surface area contributed by atoms with Gasteiger partial charge < -0.3 is 29.6 Å². The number of carbonyl (C=O) groups excluding carboxylic acids is 8. The first kappa shape index (κ1) is 49.4. The second-order valence-electron chi connectivity index (χ2n) is 19.3. The van der Waals surface area contributed by atoms with Gasteiger partial charge in [-0.1, -0.05) is 56.8 Å². The lowest BCUT2D eigenvalue weighted by atomic mass is 9.52. The molecule has 358 valence electrons. The number of nitrogens with one attached hydrogen (secondary N) is 2. The van der Waals surface area contributed by atoms with Gasteiger partial charge in [-0.3, -0.25) is 19.2 Å². The lowest BCUT2D eigenvalue weighted by molar-refractivity contribution is -0.200. The monoisotopic (exact) mass is 936 g/mol. The summed E-state index contributed by atoms with van der Waals surface area (Å²) >= 11 is 0. The molecule has 0 aliphatic heterocycles. The van der Waals surface area contributed by atoms with E-state index in [1.807, 2.05) is 32.9 Å². The summed E-state index contributed by atoms with van der Waals surface area (Å²) in [6.45, 7) is 14.6. The molecule has 8 rings (SSSR count). The predicted molar refractivity (Wildman–Crippen MR) is 255 cm³/mol. The predicted octanol–water partition coefficient (Wildman–Crippen LogP) is 8.64. The van der Waals surface area contributed by atoms with Crippen LogP contribution in [0.4, 0.5) is 5.69 Å². The van der Waals surface area contributed by atoms with Crippen molar-refractivity contribution in [2.24, 2.45) is 11.8 Å². The van der Waals surface area contributed by atoms with Crippen LogP contribution < -0.4 is 10.6 Å². The van der Waals surface area contributed by atoms with Crippen molar-refractivity contribution in [1.82, 2.24) is 5.32 Å². The van der Waals surface area contributed by atoms with Crippen molar-refractivity contribution < 1.29 is 57.3 Å². The normalized spacial score (nSPS) is 19.9. The molecule has 14 nitrogen and oxygen atoms in total. The number of ether oxygens (including phenoxy) is 4. The van der Waals surface area contributed by atoms with Gasteiger partial charge in [0.15, 0.2) is 24.8 Å². The number of rotatable bonds is 17. The van der Waals surface area contributed by atoms with E-state index in [1.165, 1.54) is 69.4 Å². The minimum absolute atomic E-state index is 0.0234. The average Bonchev–Trinajstić information content (AvgIpc) is 3.31. The van der Waals surface area contributed by atoms with E-state index < -0.39 is 71.1 Å². The van der Waals surface area contributed by atoms with E-state index in [1.54, 1.807) is 24.3 Å². The Labute approximate surface area is 400 Å². The van der Waals surface area contributed by atoms with E-state index in [2.05, 4.69) is 23.8 Å². The number of benzene rings is 4. The lowest BCUT2D eigenvalue weighted by Crippen LogP contribution is -2.61. The molecule has 4 saturated carbocycles. The zero-order valence-corrected chi connectivity index (χ0v) is 39.7. The van der Waals surface area contributed by atoms with Gasteiger partial charge in [0, 0.05) is 24.6 Å². The fraction of sp³-hybridized carbons (Fsp3) is 0.345. The smallest absolute Gasteiger partial charge is 0.339 e. The fourth-order valence-corrected chi connectivity index (χ4v) is 9.99. The number of amides is 2. The Kier molecular flexibility index (Phi) is 14.1. The number of Topliss-reactive ketones (excluding diaryl/α,β-unsaturated/α-hetero) is 2. The molecule has 0 aromatic heterocycles. The highest BCUT2D eigenvalue weighted by Gasteiger charge is 2.61. The molecule has 0 spiro atoms. The van der Waals surface area contributed by atoms with Gasteiger partial charge in [0.05, 0.1) is 33.4 Å². The number of anilines is 1. The maximum absolute atomic E-state index is 14.2. The number of ketones is 2. The Balaban J connectivity index is 1.11. The van der Waals surface area contributed by atoms with Crippen LogP contribution in [0, 0.1) is 18.8 Å². The van der Waals surface area contributed by atoms with Gasteiger partial charge in [-0.15, -0.1) is 0 Å². The quantitative estimate of drug-likeness (QED) is 0.0582. The molecule has 4 fully saturated rings. The molecule has 0 heterocycles. The number of esters is 4.